The molecular weight excluding hydrogens is 350 g/mol. The van der Waals surface area contributed by atoms with E-state index < -0.39 is 11.6 Å². The summed E-state index contributed by atoms with van der Waals surface area (Å²) in [4.78, 5) is 9.43. The van der Waals surface area contributed by atoms with Crippen LogP contribution in [-0.2, 0) is 4.74 Å². The predicted molar refractivity (Wildman–Crippen MR) is 101 cm³/mol. The zero-order chi connectivity index (χ0) is 18.8. The molecule has 27 heavy (non-hydrogen) atoms. The van der Waals surface area contributed by atoms with Crippen LogP contribution in [0.5, 0.6) is 0 Å². The second kappa shape index (κ2) is 8.10. The minimum absolute atomic E-state index is 0.0455. The van der Waals surface area contributed by atoms with Gasteiger partial charge in [0.05, 0.1) is 13.2 Å². The van der Waals surface area contributed by atoms with Gasteiger partial charge in [-0.3, -0.25) is 9.89 Å². The Hall–Kier alpha value is -1.73. The Labute approximate surface area is 159 Å². The van der Waals surface area contributed by atoms with Crippen molar-refractivity contribution in [1.29, 1.82) is 0 Å². The molecular formula is C20H28F2N4O. The molecule has 3 atom stereocenters. The van der Waals surface area contributed by atoms with E-state index in [4.69, 9.17) is 4.74 Å². The molecule has 3 unspecified atom stereocenters. The summed E-state index contributed by atoms with van der Waals surface area (Å²) in [6.45, 7) is 8.19. The van der Waals surface area contributed by atoms with E-state index in [1.165, 1.54) is 18.2 Å². The molecule has 4 rings (SSSR count). The number of hydrogen-bond donors (Lipinski definition) is 1. The summed E-state index contributed by atoms with van der Waals surface area (Å²) in [6.07, 6.45) is 1.85. The molecule has 1 saturated carbocycles. The van der Waals surface area contributed by atoms with Gasteiger partial charge in [0.25, 0.3) is 0 Å². The van der Waals surface area contributed by atoms with Gasteiger partial charge in [-0.1, -0.05) is 6.07 Å². The number of nitrogens with zero attached hydrogens (tertiary/aromatic N) is 3. The first kappa shape index (κ1) is 18.6. The van der Waals surface area contributed by atoms with Crippen LogP contribution in [0.1, 0.15) is 31.2 Å². The van der Waals surface area contributed by atoms with Crippen LogP contribution in [0.15, 0.2) is 23.2 Å². The van der Waals surface area contributed by atoms with Crippen molar-refractivity contribution in [1.82, 2.24) is 15.1 Å². The van der Waals surface area contributed by atoms with Crippen molar-refractivity contribution in [3.8, 4) is 0 Å². The Morgan fingerprint density at radius 3 is 2.67 bits per heavy atom. The predicted octanol–water partition coefficient (Wildman–Crippen LogP) is 2.19. The first-order valence-electron chi connectivity index (χ1n) is 9.99. The number of ether oxygens (including phenoxy) is 1. The molecule has 1 aromatic rings. The van der Waals surface area contributed by atoms with Gasteiger partial charge in [0.1, 0.15) is 11.6 Å². The Bertz CT molecular complexity index is 672. The number of halogens is 2. The van der Waals surface area contributed by atoms with Crippen LogP contribution in [0.25, 0.3) is 0 Å². The van der Waals surface area contributed by atoms with E-state index >= 15 is 0 Å². The molecule has 0 radical (unpaired) electrons. The molecule has 2 aliphatic heterocycles. The van der Waals surface area contributed by atoms with Crippen LogP contribution in [0, 0.1) is 11.6 Å². The zero-order valence-corrected chi connectivity index (χ0v) is 15.8. The molecule has 0 bridgehead atoms. The number of morpholine rings is 1. The fraction of sp³-hybridized carbons (Fsp3) is 0.650. The monoisotopic (exact) mass is 378 g/mol. The lowest BCUT2D eigenvalue weighted by molar-refractivity contribution is 0.0195. The van der Waals surface area contributed by atoms with Crippen molar-refractivity contribution >= 4 is 5.96 Å². The van der Waals surface area contributed by atoms with Crippen molar-refractivity contribution in [2.24, 2.45) is 4.99 Å². The summed E-state index contributed by atoms with van der Waals surface area (Å²) < 4.78 is 33.5. The average Bonchev–Trinajstić information content (AvgIpc) is 3.23. The summed E-state index contributed by atoms with van der Waals surface area (Å²) >= 11 is 0. The topological polar surface area (TPSA) is 40.1 Å². The third kappa shape index (κ3) is 4.09. The Morgan fingerprint density at radius 1 is 1.22 bits per heavy atom. The van der Waals surface area contributed by atoms with Gasteiger partial charge >= 0.3 is 0 Å². The Balaban J connectivity index is 1.38. The molecule has 3 fully saturated rings. The lowest BCUT2D eigenvalue weighted by Gasteiger charge is -2.32. The van der Waals surface area contributed by atoms with E-state index in [-0.39, 0.29) is 17.5 Å². The Morgan fingerprint density at radius 2 is 1.96 bits per heavy atom. The maximum Gasteiger partial charge on any atom is 0.194 e. The highest BCUT2D eigenvalue weighted by molar-refractivity contribution is 5.81. The number of hydrogen-bond acceptors (Lipinski definition) is 3. The highest BCUT2D eigenvalue weighted by atomic mass is 19.1. The summed E-state index contributed by atoms with van der Waals surface area (Å²) in [5.74, 6) is -0.151. The van der Waals surface area contributed by atoms with Crippen LogP contribution < -0.4 is 5.32 Å². The van der Waals surface area contributed by atoms with Gasteiger partial charge in [0.2, 0.25) is 0 Å². The van der Waals surface area contributed by atoms with Crippen molar-refractivity contribution in [3.63, 3.8) is 0 Å². The van der Waals surface area contributed by atoms with Crippen LogP contribution in [-0.4, -0.2) is 73.8 Å². The quantitative estimate of drug-likeness (QED) is 0.644. The fourth-order valence-electron chi connectivity index (χ4n) is 4.27. The van der Waals surface area contributed by atoms with Gasteiger partial charge in [-0.15, -0.1) is 0 Å². The molecule has 0 spiro atoms. The lowest BCUT2D eigenvalue weighted by atomic mass is 10.1. The second-order valence-corrected chi connectivity index (χ2v) is 7.56. The molecule has 2 heterocycles. The summed E-state index contributed by atoms with van der Waals surface area (Å²) in [5, 5.41) is 3.46. The molecule has 0 amide bonds. The zero-order valence-electron chi connectivity index (χ0n) is 15.8. The van der Waals surface area contributed by atoms with E-state index in [9.17, 15) is 8.78 Å². The Kier molecular flexibility index (Phi) is 5.59. The van der Waals surface area contributed by atoms with E-state index in [1.807, 2.05) is 6.92 Å². The fourth-order valence-corrected chi connectivity index (χ4v) is 4.27. The largest absolute Gasteiger partial charge is 0.379 e. The van der Waals surface area contributed by atoms with Crippen molar-refractivity contribution in [2.45, 2.75) is 37.8 Å². The smallest absolute Gasteiger partial charge is 0.194 e. The minimum Gasteiger partial charge on any atom is -0.379 e. The molecule has 2 saturated heterocycles. The number of rotatable bonds is 4. The highest BCUT2D eigenvalue weighted by Crippen LogP contribution is 2.43. The maximum atomic E-state index is 14.0. The molecule has 0 aromatic heterocycles. The van der Waals surface area contributed by atoms with E-state index in [0.717, 1.165) is 58.2 Å². The van der Waals surface area contributed by atoms with Crippen LogP contribution in [0.2, 0.25) is 0 Å². The average molecular weight is 378 g/mol. The number of nitrogens with one attached hydrogen (secondary N) is 1. The third-order valence-electron chi connectivity index (χ3n) is 5.81. The molecule has 1 N–H and O–H groups in total. The van der Waals surface area contributed by atoms with Crippen molar-refractivity contribution < 1.29 is 13.5 Å². The van der Waals surface area contributed by atoms with Crippen LogP contribution in [0.4, 0.5) is 8.78 Å². The van der Waals surface area contributed by atoms with E-state index in [0.29, 0.717) is 12.6 Å². The minimum atomic E-state index is -0.452. The second-order valence-electron chi connectivity index (χ2n) is 7.56. The van der Waals surface area contributed by atoms with Crippen molar-refractivity contribution in [2.75, 3.05) is 45.9 Å². The van der Waals surface area contributed by atoms with Crippen molar-refractivity contribution in [3.05, 3.63) is 35.4 Å². The summed E-state index contributed by atoms with van der Waals surface area (Å²) in [7, 11) is 0. The number of guanidine groups is 1. The molecule has 7 heteroatoms. The standard InChI is InChI=1S/C20H28F2N4O/c1-2-23-20(26-7-6-14(13-26)25-8-10-27-11-9-25)24-18-12-15(18)19-16(21)4-3-5-17(19)22/h3-5,14-15,18H,2,6-13H2,1H3,(H,23,24). The molecule has 5 nitrogen and oxygen atoms in total. The first-order valence-corrected chi connectivity index (χ1v) is 9.99. The lowest BCUT2D eigenvalue weighted by Crippen LogP contribution is -2.47. The summed E-state index contributed by atoms with van der Waals surface area (Å²) in [6, 6.07) is 4.66. The molecule has 1 aromatic carbocycles. The molecule has 148 valence electrons. The van der Waals surface area contributed by atoms with E-state index in [1.54, 1.807) is 0 Å². The van der Waals surface area contributed by atoms with Gasteiger partial charge in [0, 0.05) is 56.3 Å². The van der Waals surface area contributed by atoms with Gasteiger partial charge in [-0.05, 0) is 31.9 Å². The number of benzene rings is 1. The van der Waals surface area contributed by atoms with Gasteiger partial charge in [-0.2, -0.15) is 0 Å². The van der Waals surface area contributed by atoms with Crippen LogP contribution in [0.3, 0.4) is 0 Å². The van der Waals surface area contributed by atoms with E-state index in [2.05, 4.69) is 20.1 Å². The van der Waals surface area contributed by atoms with Crippen LogP contribution >= 0.6 is 0 Å². The van der Waals surface area contributed by atoms with Gasteiger partial charge < -0.3 is 15.0 Å². The first-order chi connectivity index (χ1) is 13.2. The molecule has 1 aliphatic carbocycles. The normalized spacial score (nSPS) is 29.2. The van der Waals surface area contributed by atoms with Gasteiger partial charge in [-0.25, -0.2) is 8.78 Å². The van der Waals surface area contributed by atoms with Gasteiger partial charge in [0.15, 0.2) is 5.96 Å². The highest BCUT2D eigenvalue weighted by Gasteiger charge is 2.43. The maximum absolute atomic E-state index is 14.0. The number of likely N-dealkylation sites (tertiary alicyclic amines) is 1. The number of aliphatic imine (C=N–C) groups is 1. The third-order valence-corrected chi connectivity index (χ3v) is 5.81. The molecule has 3 aliphatic rings. The summed E-state index contributed by atoms with van der Waals surface area (Å²) in [5.41, 5.74) is 0.207. The SMILES string of the molecule is CCN=C(NC1CC1c1c(F)cccc1F)N1CCC(N2CCOCC2)C1.